The van der Waals surface area contributed by atoms with Gasteiger partial charge in [0.25, 0.3) is 0 Å². The van der Waals surface area contributed by atoms with E-state index in [1.54, 1.807) is 17.3 Å². The molecule has 7 heteroatoms. The van der Waals surface area contributed by atoms with E-state index in [0.717, 1.165) is 11.4 Å². The fourth-order valence-corrected chi connectivity index (χ4v) is 3.40. The third kappa shape index (κ3) is 4.10. The second kappa shape index (κ2) is 8.65. The molecule has 1 aliphatic rings. The van der Waals surface area contributed by atoms with Gasteiger partial charge < -0.3 is 14.9 Å². The van der Waals surface area contributed by atoms with Crippen LogP contribution in [0.1, 0.15) is 5.56 Å². The molecule has 1 saturated heterocycles. The van der Waals surface area contributed by atoms with Gasteiger partial charge in [-0.15, -0.1) is 0 Å². The van der Waals surface area contributed by atoms with E-state index in [9.17, 15) is 9.90 Å². The molecule has 2 amide bonds. The predicted octanol–water partition coefficient (Wildman–Crippen LogP) is 4.09. The Morgan fingerprint density at radius 1 is 0.867 bits per heavy atom. The first-order valence-corrected chi connectivity index (χ1v) is 9.78. The lowest BCUT2D eigenvalue weighted by molar-refractivity contribution is 0.203. The van der Waals surface area contributed by atoms with Crippen LogP contribution < -0.4 is 9.80 Å². The standard InChI is InChI=1S/C23H23N5O2/c1-18(29)19-16-24-22(25-17-19)26-12-14-27(15-13-26)23(30)28(20-8-4-2-5-9-20)21-10-6-3-7-11-21/h2-11,16-17,29H,1,12-15H2. The number of hydrogen-bond acceptors (Lipinski definition) is 5. The Labute approximate surface area is 175 Å². The summed E-state index contributed by atoms with van der Waals surface area (Å²) in [6.45, 7) is 5.86. The number of amides is 2. The van der Waals surface area contributed by atoms with E-state index in [2.05, 4.69) is 16.5 Å². The van der Waals surface area contributed by atoms with E-state index in [1.807, 2.05) is 70.5 Å². The van der Waals surface area contributed by atoms with Gasteiger partial charge in [-0.05, 0) is 24.3 Å². The molecule has 1 aliphatic heterocycles. The van der Waals surface area contributed by atoms with E-state index >= 15 is 0 Å². The van der Waals surface area contributed by atoms with Crippen LogP contribution in [0.3, 0.4) is 0 Å². The molecule has 3 aromatic rings. The van der Waals surface area contributed by atoms with E-state index in [1.165, 1.54) is 0 Å². The third-order valence-corrected chi connectivity index (χ3v) is 5.02. The van der Waals surface area contributed by atoms with Gasteiger partial charge in [0.05, 0.1) is 16.9 Å². The van der Waals surface area contributed by atoms with E-state index < -0.39 is 0 Å². The number of piperazine rings is 1. The van der Waals surface area contributed by atoms with Gasteiger partial charge in [0.15, 0.2) is 0 Å². The molecule has 4 rings (SSSR count). The molecule has 1 fully saturated rings. The summed E-state index contributed by atoms with van der Waals surface area (Å²) in [5.74, 6) is 0.522. The topological polar surface area (TPSA) is 72.8 Å². The van der Waals surface area contributed by atoms with Crippen molar-refractivity contribution in [2.75, 3.05) is 36.0 Å². The van der Waals surface area contributed by atoms with Crippen LogP contribution in [0.4, 0.5) is 22.1 Å². The molecule has 1 aromatic heterocycles. The Morgan fingerprint density at radius 2 is 1.37 bits per heavy atom. The highest BCUT2D eigenvalue weighted by atomic mass is 16.3. The minimum Gasteiger partial charge on any atom is -0.508 e. The minimum absolute atomic E-state index is 0.0557. The number of aliphatic hydroxyl groups is 1. The van der Waals surface area contributed by atoms with Crippen molar-refractivity contribution in [2.24, 2.45) is 0 Å². The number of urea groups is 1. The second-order valence-electron chi connectivity index (χ2n) is 6.98. The summed E-state index contributed by atoms with van der Waals surface area (Å²) in [6.07, 6.45) is 3.10. The molecule has 2 heterocycles. The molecule has 0 radical (unpaired) electrons. The molecule has 0 unspecified atom stereocenters. The Balaban J connectivity index is 1.48. The Bertz CT molecular complexity index is 961. The summed E-state index contributed by atoms with van der Waals surface area (Å²) in [5, 5.41) is 9.42. The van der Waals surface area contributed by atoms with Crippen molar-refractivity contribution in [1.29, 1.82) is 0 Å². The Hall–Kier alpha value is -3.87. The van der Waals surface area contributed by atoms with Crippen molar-refractivity contribution in [3.05, 3.63) is 85.2 Å². The van der Waals surface area contributed by atoms with Crippen molar-refractivity contribution < 1.29 is 9.90 Å². The van der Waals surface area contributed by atoms with E-state index in [-0.39, 0.29) is 11.8 Å². The lowest BCUT2D eigenvalue weighted by Crippen LogP contribution is -2.52. The molecule has 0 saturated carbocycles. The smallest absolute Gasteiger partial charge is 0.329 e. The summed E-state index contributed by atoms with van der Waals surface area (Å²) < 4.78 is 0. The number of para-hydroxylation sites is 2. The highest BCUT2D eigenvalue weighted by molar-refractivity contribution is 5.99. The van der Waals surface area contributed by atoms with Gasteiger partial charge in [-0.1, -0.05) is 43.0 Å². The zero-order valence-corrected chi connectivity index (χ0v) is 16.6. The number of hydrogen-bond donors (Lipinski definition) is 1. The first kappa shape index (κ1) is 19.4. The summed E-state index contributed by atoms with van der Waals surface area (Å²) in [5.41, 5.74) is 2.16. The third-order valence-electron chi connectivity index (χ3n) is 5.02. The van der Waals surface area contributed by atoms with Crippen molar-refractivity contribution in [2.45, 2.75) is 0 Å². The monoisotopic (exact) mass is 401 g/mol. The molecule has 30 heavy (non-hydrogen) atoms. The first-order chi connectivity index (χ1) is 14.6. The largest absolute Gasteiger partial charge is 0.508 e. The zero-order valence-electron chi connectivity index (χ0n) is 16.6. The lowest BCUT2D eigenvalue weighted by atomic mass is 10.2. The average molecular weight is 401 g/mol. The molecular weight excluding hydrogens is 378 g/mol. The van der Waals surface area contributed by atoms with Crippen LogP contribution in [0.25, 0.3) is 5.76 Å². The minimum atomic E-state index is -0.0566. The van der Waals surface area contributed by atoms with Crippen LogP contribution in [0, 0.1) is 0 Å². The number of nitrogens with zero attached hydrogens (tertiary/aromatic N) is 5. The summed E-state index contributed by atoms with van der Waals surface area (Å²) in [6, 6.07) is 19.3. The fraction of sp³-hybridized carbons (Fsp3) is 0.174. The maximum Gasteiger partial charge on any atom is 0.329 e. The predicted molar refractivity (Wildman–Crippen MR) is 118 cm³/mol. The number of aliphatic hydroxyl groups excluding tert-OH is 1. The molecule has 2 aromatic carbocycles. The molecule has 1 N–H and O–H groups in total. The molecule has 0 aliphatic carbocycles. The lowest BCUT2D eigenvalue weighted by Gasteiger charge is -2.37. The second-order valence-corrected chi connectivity index (χ2v) is 6.98. The van der Waals surface area contributed by atoms with Crippen LogP contribution in [-0.4, -0.2) is 52.2 Å². The first-order valence-electron chi connectivity index (χ1n) is 9.78. The fourth-order valence-electron chi connectivity index (χ4n) is 3.40. The quantitative estimate of drug-likeness (QED) is 0.667. The normalized spacial score (nSPS) is 13.7. The van der Waals surface area contributed by atoms with Crippen molar-refractivity contribution >= 4 is 29.1 Å². The molecule has 7 nitrogen and oxygen atoms in total. The number of carbonyl (C=O) groups excluding carboxylic acids is 1. The number of carbonyl (C=O) groups is 1. The molecule has 0 atom stereocenters. The van der Waals surface area contributed by atoms with Crippen molar-refractivity contribution in [3.63, 3.8) is 0 Å². The average Bonchev–Trinajstić information content (AvgIpc) is 2.81. The molecule has 0 bridgehead atoms. The molecular formula is C23H23N5O2. The molecule has 0 spiro atoms. The highest BCUT2D eigenvalue weighted by Crippen LogP contribution is 2.27. The van der Waals surface area contributed by atoms with Crippen LogP contribution in [-0.2, 0) is 0 Å². The van der Waals surface area contributed by atoms with Crippen LogP contribution in [0.15, 0.2) is 79.6 Å². The van der Waals surface area contributed by atoms with Gasteiger partial charge in [-0.25, -0.2) is 14.8 Å². The van der Waals surface area contributed by atoms with Gasteiger partial charge in [-0.2, -0.15) is 0 Å². The number of rotatable bonds is 4. The number of benzene rings is 2. The number of anilines is 3. The SMILES string of the molecule is C=C(O)c1cnc(N2CCN(C(=O)N(c3ccccc3)c3ccccc3)CC2)nc1. The highest BCUT2D eigenvalue weighted by Gasteiger charge is 2.28. The van der Waals surface area contributed by atoms with Gasteiger partial charge >= 0.3 is 6.03 Å². The van der Waals surface area contributed by atoms with Crippen LogP contribution >= 0.6 is 0 Å². The number of aromatic nitrogens is 2. The van der Waals surface area contributed by atoms with Crippen LogP contribution in [0.5, 0.6) is 0 Å². The maximum atomic E-state index is 13.4. The summed E-state index contributed by atoms with van der Waals surface area (Å²) in [4.78, 5) is 27.7. The van der Waals surface area contributed by atoms with Crippen molar-refractivity contribution in [3.8, 4) is 0 Å². The van der Waals surface area contributed by atoms with Gasteiger partial charge in [0.2, 0.25) is 5.95 Å². The maximum absolute atomic E-state index is 13.4. The van der Waals surface area contributed by atoms with Gasteiger partial charge in [0.1, 0.15) is 5.76 Å². The van der Waals surface area contributed by atoms with Crippen molar-refractivity contribution in [1.82, 2.24) is 14.9 Å². The van der Waals surface area contributed by atoms with Gasteiger partial charge in [-0.3, -0.25) is 4.90 Å². The van der Waals surface area contributed by atoms with E-state index in [4.69, 9.17) is 0 Å². The molecule has 152 valence electrons. The summed E-state index contributed by atoms with van der Waals surface area (Å²) in [7, 11) is 0. The Kier molecular flexibility index (Phi) is 5.61. The summed E-state index contributed by atoms with van der Waals surface area (Å²) >= 11 is 0. The Morgan fingerprint density at radius 3 is 1.83 bits per heavy atom. The zero-order chi connectivity index (χ0) is 20.9. The van der Waals surface area contributed by atoms with Gasteiger partial charge in [0, 0.05) is 38.6 Å². The van der Waals surface area contributed by atoms with E-state index in [0.29, 0.717) is 37.7 Å². The van der Waals surface area contributed by atoms with Crippen LogP contribution in [0.2, 0.25) is 0 Å².